The molecule has 10 N–H and O–H groups in total. The third kappa shape index (κ3) is 7.81. The minimum absolute atomic E-state index is 0.108. The van der Waals surface area contributed by atoms with Crippen molar-refractivity contribution in [3.05, 3.63) is 0 Å². The summed E-state index contributed by atoms with van der Waals surface area (Å²) in [5.41, 5.74) is 5.56. The van der Waals surface area contributed by atoms with E-state index in [-0.39, 0.29) is 13.0 Å². The highest BCUT2D eigenvalue weighted by atomic mass is 16.8. The minimum atomic E-state index is -1.62. The molecule has 0 spiro atoms. The number of amides is 1. The van der Waals surface area contributed by atoms with Crippen LogP contribution in [-0.2, 0) is 33.2 Å². The number of aliphatic hydroxyl groups excluding tert-OH is 7. The molecule has 3 heterocycles. The number of hydrogen-bond donors (Lipinski definition) is 9. The van der Waals surface area contributed by atoms with E-state index in [1.807, 2.05) is 0 Å². The first-order valence-corrected chi connectivity index (χ1v) is 13.0. The zero-order chi connectivity index (χ0) is 28.9. The van der Waals surface area contributed by atoms with Crippen molar-refractivity contribution in [1.29, 1.82) is 0 Å². The van der Waals surface area contributed by atoms with Gasteiger partial charge in [-0.15, -0.1) is 0 Å². The number of carbonyl (C=O) groups excluding carboxylic acids is 1. The fourth-order valence-electron chi connectivity index (χ4n) is 4.79. The predicted octanol–water partition coefficient (Wildman–Crippen LogP) is -5.00. The topological polar surface area (TPSA) is 252 Å². The van der Waals surface area contributed by atoms with Crippen molar-refractivity contribution in [2.45, 2.75) is 113 Å². The molecule has 3 aliphatic rings. The summed E-state index contributed by atoms with van der Waals surface area (Å²) < 4.78 is 34.9. The molecule has 0 aromatic rings. The maximum Gasteiger partial charge on any atom is 0.217 e. The summed E-state index contributed by atoms with van der Waals surface area (Å²) in [4.78, 5) is 11.8. The van der Waals surface area contributed by atoms with E-state index in [4.69, 9.17) is 34.2 Å². The van der Waals surface area contributed by atoms with Crippen LogP contribution in [0.2, 0.25) is 0 Å². The summed E-state index contributed by atoms with van der Waals surface area (Å²) in [6.45, 7) is 1.78. The maximum absolute atomic E-state index is 11.8. The van der Waals surface area contributed by atoms with E-state index in [9.17, 15) is 40.5 Å². The van der Waals surface area contributed by atoms with E-state index >= 15 is 0 Å². The summed E-state index contributed by atoms with van der Waals surface area (Å²) >= 11 is 0. The lowest BCUT2D eigenvalue weighted by atomic mass is 9.95. The van der Waals surface area contributed by atoms with Gasteiger partial charge in [-0.3, -0.25) is 4.79 Å². The molecule has 39 heavy (non-hydrogen) atoms. The second-order valence-corrected chi connectivity index (χ2v) is 9.93. The van der Waals surface area contributed by atoms with Crippen molar-refractivity contribution in [2.75, 3.05) is 26.4 Å². The van der Waals surface area contributed by atoms with Crippen LogP contribution in [0.5, 0.6) is 0 Å². The number of hydrogen-bond acceptors (Lipinski definition) is 15. The molecule has 3 aliphatic heterocycles. The Morgan fingerprint density at radius 1 is 0.897 bits per heavy atom. The van der Waals surface area contributed by atoms with Crippen molar-refractivity contribution in [2.24, 2.45) is 5.73 Å². The van der Waals surface area contributed by atoms with E-state index in [1.54, 1.807) is 0 Å². The zero-order valence-corrected chi connectivity index (χ0v) is 21.9. The second-order valence-electron chi connectivity index (χ2n) is 9.93. The highest BCUT2D eigenvalue weighted by molar-refractivity contribution is 5.73. The molecule has 0 bridgehead atoms. The van der Waals surface area contributed by atoms with Crippen molar-refractivity contribution in [3.8, 4) is 0 Å². The lowest BCUT2D eigenvalue weighted by Crippen LogP contribution is -2.68. The number of aliphatic hydroxyl groups is 7. The molecule has 1 amide bonds. The molecule has 0 aromatic carbocycles. The van der Waals surface area contributed by atoms with Gasteiger partial charge in [-0.05, 0) is 19.9 Å². The first kappa shape index (κ1) is 32.4. The van der Waals surface area contributed by atoms with Crippen LogP contribution in [0.15, 0.2) is 0 Å². The highest BCUT2D eigenvalue weighted by Gasteiger charge is 2.53. The average molecular weight is 571 g/mol. The van der Waals surface area contributed by atoms with Crippen LogP contribution < -0.4 is 11.1 Å². The van der Waals surface area contributed by atoms with Crippen LogP contribution in [0.25, 0.3) is 0 Å². The van der Waals surface area contributed by atoms with Crippen LogP contribution >= 0.6 is 0 Å². The van der Waals surface area contributed by atoms with Gasteiger partial charge in [-0.2, -0.15) is 0 Å². The molecular weight excluding hydrogens is 528 g/mol. The fourth-order valence-corrected chi connectivity index (χ4v) is 4.79. The predicted molar refractivity (Wildman–Crippen MR) is 127 cm³/mol. The van der Waals surface area contributed by atoms with Gasteiger partial charge in [0.2, 0.25) is 5.91 Å². The van der Waals surface area contributed by atoms with Gasteiger partial charge in [-0.1, -0.05) is 0 Å². The Kier molecular flexibility index (Phi) is 12.2. The lowest BCUT2D eigenvalue weighted by Gasteiger charge is -2.49. The first-order valence-electron chi connectivity index (χ1n) is 13.0. The average Bonchev–Trinajstić information content (AvgIpc) is 2.89. The number of ether oxygens (including phenoxy) is 6. The quantitative estimate of drug-likeness (QED) is 0.105. The molecule has 16 heteroatoms. The Balaban J connectivity index is 1.92. The number of nitrogens with two attached hydrogens (primary N) is 1. The van der Waals surface area contributed by atoms with Crippen LogP contribution in [0.1, 0.15) is 26.7 Å². The largest absolute Gasteiger partial charge is 0.394 e. The van der Waals surface area contributed by atoms with E-state index in [0.717, 1.165) is 0 Å². The first-order chi connectivity index (χ1) is 18.5. The van der Waals surface area contributed by atoms with Crippen LogP contribution in [0, 0.1) is 0 Å². The van der Waals surface area contributed by atoms with Gasteiger partial charge in [0, 0.05) is 13.3 Å². The van der Waals surface area contributed by atoms with Gasteiger partial charge < -0.3 is 75.2 Å². The number of nitrogens with one attached hydrogen (secondary N) is 1. The molecular formula is C23H42N2O14. The molecule has 228 valence electrons. The van der Waals surface area contributed by atoms with E-state index < -0.39 is 105 Å². The number of carbonyl (C=O) groups is 1. The van der Waals surface area contributed by atoms with Gasteiger partial charge in [0.25, 0.3) is 0 Å². The van der Waals surface area contributed by atoms with E-state index in [0.29, 0.717) is 13.0 Å². The normalized spacial score (nSPS) is 45.2. The van der Waals surface area contributed by atoms with Crippen molar-refractivity contribution < 1.29 is 69.0 Å². The SMILES string of the molecule is CC(=O)N[C@@H]1C(O)[C@@H](O)C(CO)O[C@H]1OC1[C@@H](O)C(CO)O[C@@H](OCCCN)[C@@H]1O[C@H]1C[C@H](O)[C@@H](O)C(C)O1. The molecule has 3 fully saturated rings. The molecule has 3 saturated heterocycles. The van der Waals surface area contributed by atoms with Gasteiger partial charge in [-0.25, -0.2) is 0 Å². The van der Waals surface area contributed by atoms with Crippen molar-refractivity contribution >= 4 is 5.91 Å². The maximum atomic E-state index is 11.8. The van der Waals surface area contributed by atoms with Gasteiger partial charge in [0.15, 0.2) is 18.9 Å². The highest BCUT2D eigenvalue weighted by Crippen LogP contribution is 2.33. The Morgan fingerprint density at radius 3 is 2.13 bits per heavy atom. The summed E-state index contributed by atoms with van der Waals surface area (Å²) in [7, 11) is 0. The summed E-state index contributed by atoms with van der Waals surface area (Å²) in [5.74, 6) is -0.584. The Bertz CT molecular complexity index is 754. The van der Waals surface area contributed by atoms with E-state index in [1.165, 1.54) is 13.8 Å². The van der Waals surface area contributed by atoms with Crippen LogP contribution in [-0.4, -0.2) is 154 Å². The third-order valence-electron chi connectivity index (χ3n) is 6.96. The Labute approximate surface area is 225 Å². The molecule has 5 unspecified atom stereocenters. The Morgan fingerprint density at radius 2 is 1.54 bits per heavy atom. The molecule has 0 radical (unpaired) electrons. The Hall–Kier alpha value is -1.09. The number of rotatable bonds is 11. The standard InChI is InChI=1S/C23H42N2O14/c1-9-16(30)11(29)6-14(35-9)38-21-20(18(32)13(8-27)37-23(21)34-5-3-4-24)39-22-15(25-10(2)28)19(33)17(31)12(7-26)36-22/h9,11-23,26-27,29-33H,3-8,24H2,1-2H3,(H,25,28)/t9?,11-,12?,13?,14-,15+,16-,17-,18-,19?,20?,21+,22-,23+/m0/s1. The summed E-state index contributed by atoms with van der Waals surface area (Å²) in [5, 5.41) is 74.3. The van der Waals surface area contributed by atoms with Crippen LogP contribution in [0.3, 0.4) is 0 Å². The fraction of sp³-hybridized carbons (Fsp3) is 0.957. The molecule has 3 rings (SSSR count). The lowest BCUT2D eigenvalue weighted by molar-refractivity contribution is -0.375. The molecule has 0 aliphatic carbocycles. The second kappa shape index (κ2) is 14.7. The molecule has 0 saturated carbocycles. The summed E-state index contributed by atoms with van der Waals surface area (Å²) in [6, 6.07) is -1.33. The molecule has 0 aromatic heterocycles. The third-order valence-corrected chi connectivity index (χ3v) is 6.96. The minimum Gasteiger partial charge on any atom is -0.394 e. The summed E-state index contributed by atoms with van der Waals surface area (Å²) in [6.07, 6.45) is -16.7. The van der Waals surface area contributed by atoms with Gasteiger partial charge >= 0.3 is 0 Å². The van der Waals surface area contributed by atoms with Crippen LogP contribution in [0.4, 0.5) is 0 Å². The van der Waals surface area contributed by atoms with Crippen molar-refractivity contribution in [3.63, 3.8) is 0 Å². The smallest absolute Gasteiger partial charge is 0.217 e. The molecule has 16 nitrogen and oxygen atoms in total. The monoisotopic (exact) mass is 570 g/mol. The molecule has 14 atom stereocenters. The van der Waals surface area contributed by atoms with Crippen molar-refractivity contribution in [1.82, 2.24) is 5.32 Å². The van der Waals surface area contributed by atoms with E-state index in [2.05, 4.69) is 5.32 Å². The zero-order valence-electron chi connectivity index (χ0n) is 21.9. The van der Waals surface area contributed by atoms with Gasteiger partial charge in [0.05, 0.1) is 32.0 Å². The van der Waals surface area contributed by atoms with Gasteiger partial charge in [0.1, 0.15) is 54.9 Å².